The van der Waals surface area contributed by atoms with Gasteiger partial charge in [-0.2, -0.15) is 0 Å². The van der Waals surface area contributed by atoms with Gasteiger partial charge in [-0.15, -0.1) is 0 Å². The maximum atomic E-state index is 6.23. The quantitative estimate of drug-likeness (QED) is 0.630. The van der Waals surface area contributed by atoms with Gasteiger partial charge in [-0.05, 0) is 36.2 Å². The SMILES string of the molecule is CCc1cccc(Sc2ccccc2)c1-c1ccccc1N. The second-order valence-corrected chi connectivity index (χ2v) is 6.26. The zero-order valence-corrected chi connectivity index (χ0v) is 13.4. The Morgan fingerprint density at radius 2 is 1.55 bits per heavy atom. The highest BCUT2D eigenvalue weighted by Gasteiger charge is 2.13. The Morgan fingerprint density at radius 3 is 2.27 bits per heavy atom. The lowest BCUT2D eigenvalue weighted by Gasteiger charge is -2.15. The highest BCUT2D eigenvalue weighted by Crippen LogP contribution is 2.40. The van der Waals surface area contributed by atoms with Crippen LogP contribution in [-0.4, -0.2) is 0 Å². The number of benzene rings is 3. The van der Waals surface area contributed by atoms with E-state index >= 15 is 0 Å². The van der Waals surface area contributed by atoms with Crippen LogP contribution in [0, 0.1) is 0 Å². The van der Waals surface area contributed by atoms with Crippen molar-refractivity contribution in [1.29, 1.82) is 0 Å². The van der Waals surface area contributed by atoms with Crippen molar-refractivity contribution >= 4 is 17.4 Å². The predicted octanol–water partition coefficient (Wildman–Crippen LogP) is 5.65. The molecule has 0 aliphatic heterocycles. The zero-order valence-electron chi connectivity index (χ0n) is 12.6. The molecule has 0 bridgehead atoms. The number of anilines is 1. The smallest absolute Gasteiger partial charge is 0.0394 e. The molecular weight excluding hydrogens is 286 g/mol. The molecule has 2 heteroatoms. The van der Waals surface area contributed by atoms with Crippen molar-refractivity contribution in [3.8, 4) is 11.1 Å². The molecule has 0 unspecified atom stereocenters. The van der Waals surface area contributed by atoms with Gasteiger partial charge in [0, 0.05) is 26.6 Å². The van der Waals surface area contributed by atoms with E-state index in [4.69, 9.17) is 5.73 Å². The van der Waals surface area contributed by atoms with Crippen molar-refractivity contribution in [3.63, 3.8) is 0 Å². The molecule has 0 aliphatic carbocycles. The molecule has 0 heterocycles. The third-order valence-corrected chi connectivity index (χ3v) is 4.76. The monoisotopic (exact) mass is 305 g/mol. The molecule has 0 saturated carbocycles. The molecule has 0 spiro atoms. The topological polar surface area (TPSA) is 26.0 Å². The van der Waals surface area contributed by atoms with Gasteiger partial charge in [0.15, 0.2) is 0 Å². The first kappa shape index (κ1) is 14.7. The second-order valence-electron chi connectivity index (χ2n) is 5.15. The van der Waals surface area contributed by atoms with Crippen LogP contribution in [0.25, 0.3) is 11.1 Å². The molecule has 110 valence electrons. The van der Waals surface area contributed by atoms with Crippen molar-refractivity contribution in [2.45, 2.75) is 23.1 Å². The van der Waals surface area contributed by atoms with Gasteiger partial charge < -0.3 is 5.73 Å². The molecule has 0 saturated heterocycles. The molecule has 2 N–H and O–H groups in total. The van der Waals surface area contributed by atoms with E-state index in [1.54, 1.807) is 11.8 Å². The average molecular weight is 305 g/mol. The third kappa shape index (κ3) is 3.02. The minimum absolute atomic E-state index is 0.832. The summed E-state index contributed by atoms with van der Waals surface area (Å²) in [5, 5.41) is 0. The Labute approximate surface area is 136 Å². The molecule has 0 fully saturated rings. The highest BCUT2D eigenvalue weighted by atomic mass is 32.2. The minimum Gasteiger partial charge on any atom is -0.398 e. The van der Waals surface area contributed by atoms with Gasteiger partial charge in [0.1, 0.15) is 0 Å². The first-order valence-corrected chi connectivity index (χ1v) is 8.31. The number of rotatable bonds is 4. The van der Waals surface area contributed by atoms with Gasteiger partial charge in [-0.25, -0.2) is 0 Å². The van der Waals surface area contributed by atoms with Gasteiger partial charge in [0.05, 0.1) is 0 Å². The molecule has 1 nitrogen and oxygen atoms in total. The predicted molar refractivity (Wildman–Crippen MR) is 96.2 cm³/mol. The fourth-order valence-corrected chi connectivity index (χ4v) is 3.64. The van der Waals surface area contributed by atoms with E-state index < -0.39 is 0 Å². The van der Waals surface area contributed by atoms with Crippen molar-refractivity contribution in [2.24, 2.45) is 0 Å². The number of nitrogen functional groups attached to an aromatic ring is 1. The van der Waals surface area contributed by atoms with Crippen LogP contribution in [0.5, 0.6) is 0 Å². The number of nitrogens with two attached hydrogens (primary N) is 1. The standard InChI is InChI=1S/C20H19NS/c1-2-15-9-8-14-19(22-16-10-4-3-5-11-16)20(15)17-12-6-7-13-18(17)21/h3-14H,2,21H2,1H3. The molecular formula is C20H19NS. The minimum atomic E-state index is 0.832. The molecule has 0 aromatic heterocycles. The van der Waals surface area contributed by atoms with Gasteiger partial charge in [0.2, 0.25) is 0 Å². The molecule has 0 amide bonds. The van der Waals surface area contributed by atoms with E-state index in [1.807, 2.05) is 18.2 Å². The molecule has 3 rings (SSSR count). The summed E-state index contributed by atoms with van der Waals surface area (Å²) in [5.74, 6) is 0. The van der Waals surface area contributed by atoms with Crippen LogP contribution in [0.1, 0.15) is 12.5 Å². The van der Waals surface area contributed by atoms with Gasteiger partial charge in [-0.1, -0.05) is 67.2 Å². The van der Waals surface area contributed by atoms with E-state index in [-0.39, 0.29) is 0 Å². The fraction of sp³-hybridized carbons (Fsp3) is 0.100. The first-order chi connectivity index (χ1) is 10.8. The Bertz CT molecular complexity index is 766. The van der Waals surface area contributed by atoms with Crippen molar-refractivity contribution < 1.29 is 0 Å². The van der Waals surface area contributed by atoms with E-state index in [0.29, 0.717) is 0 Å². The summed E-state index contributed by atoms with van der Waals surface area (Å²) < 4.78 is 0. The van der Waals surface area contributed by atoms with Crippen LogP contribution in [0.2, 0.25) is 0 Å². The van der Waals surface area contributed by atoms with E-state index in [0.717, 1.165) is 17.7 Å². The maximum Gasteiger partial charge on any atom is 0.0394 e. The molecule has 3 aromatic rings. The number of aryl methyl sites for hydroxylation is 1. The Hall–Kier alpha value is -2.19. The largest absolute Gasteiger partial charge is 0.398 e. The van der Waals surface area contributed by atoms with Gasteiger partial charge in [-0.3, -0.25) is 0 Å². The van der Waals surface area contributed by atoms with Gasteiger partial charge in [0.25, 0.3) is 0 Å². The number of hydrogen-bond donors (Lipinski definition) is 1. The lowest BCUT2D eigenvalue weighted by Crippen LogP contribution is -1.95. The summed E-state index contributed by atoms with van der Waals surface area (Å²) in [6.07, 6.45) is 0.993. The number of hydrogen-bond acceptors (Lipinski definition) is 2. The molecule has 22 heavy (non-hydrogen) atoms. The van der Waals surface area contributed by atoms with Crippen molar-refractivity contribution in [3.05, 3.63) is 78.4 Å². The molecule has 0 aliphatic rings. The summed E-state index contributed by atoms with van der Waals surface area (Å²) in [7, 11) is 0. The van der Waals surface area contributed by atoms with Crippen LogP contribution in [0.4, 0.5) is 5.69 Å². The lowest BCUT2D eigenvalue weighted by molar-refractivity contribution is 1.13. The first-order valence-electron chi connectivity index (χ1n) is 7.49. The summed E-state index contributed by atoms with van der Waals surface area (Å²) in [4.78, 5) is 2.50. The van der Waals surface area contributed by atoms with Crippen LogP contribution in [0.3, 0.4) is 0 Å². The second kappa shape index (κ2) is 6.71. The van der Waals surface area contributed by atoms with Crippen LogP contribution >= 0.6 is 11.8 Å². The summed E-state index contributed by atoms with van der Waals surface area (Å²) in [5.41, 5.74) is 10.8. The summed E-state index contributed by atoms with van der Waals surface area (Å²) in [6, 6.07) is 25.1. The van der Waals surface area contributed by atoms with Crippen LogP contribution < -0.4 is 5.73 Å². The fourth-order valence-electron chi connectivity index (χ4n) is 2.60. The highest BCUT2D eigenvalue weighted by molar-refractivity contribution is 7.99. The molecule has 0 radical (unpaired) electrons. The molecule has 0 atom stereocenters. The zero-order chi connectivity index (χ0) is 15.4. The maximum absolute atomic E-state index is 6.23. The lowest BCUT2D eigenvalue weighted by atomic mass is 9.97. The van der Waals surface area contributed by atoms with E-state index in [1.165, 1.54) is 20.9 Å². The van der Waals surface area contributed by atoms with Crippen LogP contribution in [-0.2, 0) is 6.42 Å². The molecule has 3 aromatic carbocycles. The average Bonchev–Trinajstić information content (AvgIpc) is 2.56. The Morgan fingerprint density at radius 1 is 0.818 bits per heavy atom. The number of para-hydroxylation sites is 1. The van der Waals surface area contributed by atoms with E-state index in [9.17, 15) is 0 Å². The Kier molecular flexibility index (Phi) is 4.50. The summed E-state index contributed by atoms with van der Waals surface area (Å²) >= 11 is 1.79. The van der Waals surface area contributed by atoms with Crippen molar-refractivity contribution in [1.82, 2.24) is 0 Å². The third-order valence-electron chi connectivity index (χ3n) is 3.69. The Balaban J connectivity index is 2.13. The summed E-state index contributed by atoms with van der Waals surface area (Å²) in [6.45, 7) is 2.19. The van der Waals surface area contributed by atoms with E-state index in [2.05, 4.69) is 61.5 Å². The van der Waals surface area contributed by atoms with Gasteiger partial charge >= 0.3 is 0 Å². The van der Waals surface area contributed by atoms with Crippen molar-refractivity contribution in [2.75, 3.05) is 5.73 Å². The van der Waals surface area contributed by atoms with Crippen LogP contribution in [0.15, 0.2) is 82.6 Å². The normalized spacial score (nSPS) is 10.6.